The molecule has 4 N–H and O–H groups in total. The zero-order chi connectivity index (χ0) is 7.98. The van der Waals surface area contributed by atoms with Crippen LogP contribution in [0.15, 0.2) is 0 Å². The van der Waals surface area contributed by atoms with Gasteiger partial charge >= 0.3 is 28.2 Å². The van der Waals surface area contributed by atoms with Crippen LogP contribution in [0.1, 0.15) is 25.7 Å². The van der Waals surface area contributed by atoms with E-state index in [9.17, 15) is 0 Å². The molecule has 1 saturated carbocycles. The number of hydrogen-bond acceptors (Lipinski definition) is 2. The summed E-state index contributed by atoms with van der Waals surface area (Å²) in [7, 11) is 4.61. The van der Waals surface area contributed by atoms with Crippen LogP contribution in [0.3, 0.4) is 0 Å². The molecule has 0 aromatic rings. The molecule has 1 aliphatic rings. The average Bonchev–Trinajstić information content (AvgIpc) is 2.00. The first-order valence-corrected chi connectivity index (χ1v) is 6.11. The zero-order valence-corrected chi connectivity index (χ0v) is 8.78. The van der Waals surface area contributed by atoms with Gasteiger partial charge in [-0.15, -0.1) is 6.04 Å². The van der Waals surface area contributed by atoms with Gasteiger partial charge in [-0.3, -0.25) is 0 Å². The van der Waals surface area contributed by atoms with Crippen molar-refractivity contribution in [1.29, 1.82) is 0 Å². The topological polar surface area (TPSA) is 52.0 Å². The Morgan fingerprint density at radius 2 is 2.00 bits per heavy atom. The summed E-state index contributed by atoms with van der Waals surface area (Å²) in [5.74, 6) is 0. The van der Waals surface area contributed by atoms with Crippen LogP contribution in [-0.2, 0) is 18.8 Å². The second-order valence-corrected chi connectivity index (χ2v) is 2.43. The van der Waals surface area contributed by atoms with Crippen molar-refractivity contribution >= 4 is 9.42 Å². The van der Waals surface area contributed by atoms with E-state index in [0.717, 1.165) is 18.9 Å². The predicted molar refractivity (Wildman–Crippen MR) is 39.7 cm³/mol. The molecule has 1 aliphatic carbocycles. The standard InChI is InChI=1S/C6H13N2.ClH.Pt/c7-5-3-1-2-4-6(5)8;;/h5H,1-4,7-8H2;1H;/q-1;;+2/p-1. The molecule has 0 bridgehead atoms. The van der Waals surface area contributed by atoms with E-state index in [2.05, 4.69) is 9.42 Å². The van der Waals surface area contributed by atoms with Crippen LogP contribution in [0.2, 0.25) is 0 Å². The van der Waals surface area contributed by atoms with Crippen LogP contribution < -0.4 is 11.5 Å². The monoisotopic (exact) mass is 343 g/mol. The molecule has 0 aromatic heterocycles. The molecule has 1 unspecified atom stereocenters. The van der Waals surface area contributed by atoms with E-state index in [-0.39, 0.29) is 6.04 Å². The van der Waals surface area contributed by atoms with Gasteiger partial charge in [0, 0.05) is 0 Å². The molecule has 1 rings (SSSR count). The molecule has 0 spiro atoms. The molecule has 0 aliphatic heterocycles. The van der Waals surface area contributed by atoms with Crippen LogP contribution in [0, 0.1) is 6.04 Å². The maximum atomic E-state index is 5.62. The molecule has 4 heteroatoms. The van der Waals surface area contributed by atoms with Crippen LogP contribution in [0.4, 0.5) is 0 Å². The summed E-state index contributed by atoms with van der Waals surface area (Å²) in [6.45, 7) is 0. The van der Waals surface area contributed by atoms with Crippen LogP contribution in [0.5, 0.6) is 0 Å². The van der Waals surface area contributed by atoms with Gasteiger partial charge in [0.25, 0.3) is 0 Å². The first-order valence-electron chi connectivity index (χ1n) is 3.29. The van der Waals surface area contributed by atoms with Crippen molar-refractivity contribution in [2.75, 3.05) is 0 Å². The summed E-state index contributed by atoms with van der Waals surface area (Å²) >= 11 is 1.61. The summed E-state index contributed by atoms with van der Waals surface area (Å²) < 4.78 is 0. The minimum atomic E-state index is 0.198. The second-order valence-electron chi connectivity index (χ2n) is 2.43. The molecule has 64 valence electrons. The van der Waals surface area contributed by atoms with Crippen molar-refractivity contribution in [3.8, 4) is 0 Å². The van der Waals surface area contributed by atoms with Gasteiger partial charge in [-0.1, -0.05) is 19.3 Å². The Labute approximate surface area is 77.5 Å². The Morgan fingerprint density at radius 1 is 1.40 bits per heavy atom. The van der Waals surface area contributed by atoms with Gasteiger partial charge in [-0.25, -0.2) is 6.04 Å². The van der Waals surface area contributed by atoms with Crippen molar-refractivity contribution in [1.82, 2.24) is 0 Å². The van der Waals surface area contributed by atoms with Gasteiger partial charge in [0.05, 0.1) is 0 Å². The summed E-state index contributed by atoms with van der Waals surface area (Å²) in [5.41, 5.74) is 11.2. The van der Waals surface area contributed by atoms with E-state index in [4.69, 9.17) is 11.5 Å². The van der Waals surface area contributed by atoms with Gasteiger partial charge in [0.2, 0.25) is 0 Å². The molecule has 0 radical (unpaired) electrons. The van der Waals surface area contributed by atoms with E-state index >= 15 is 0 Å². The number of nitrogens with two attached hydrogens (primary N) is 2. The summed E-state index contributed by atoms with van der Waals surface area (Å²) in [6, 6.07) is 1.19. The molecule has 0 heterocycles. The number of halogens is 1. The maximum absolute atomic E-state index is 5.62. The Kier molecular flexibility index (Phi) is 7.19. The molecule has 2 nitrogen and oxygen atoms in total. The minimum absolute atomic E-state index is 0.198. The number of hydrogen-bond donors (Lipinski definition) is 2. The third-order valence-electron chi connectivity index (χ3n) is 1.71. The Balaban J connectivity index is 0.000000371. The average molecular weight is 344 g/mol. The van der Waals surface area contributed by atoms with Gasteiger partial charge < -0.3 is 11.5 Å². The van der Waals surface area contributed by atoms with Crippen molar-refractivity contribution in [2.24, 2.45) is 11.5 Å². The third-order valence-corrected chi connectivity index (χ3v) is 1.71. The molecule has 10 heavy (non-hydrogen) atoms. The van der Waals surface area contributed by atoms with E-state index in [1.807, 2.05) is 0 Å². The summed E-state index contributed by atoms with van der Waals surface area (Å²) in [6.07, 6.45) is 4.62. The molecular formula is C6H13ClN2Pt. The molecule has 0 saturated heterocycles. The van der Waals surface area contributed by atoms with Crippen LogP contribution in [-0.4, -0.2) is 6.04 Å². The van der Waals surface area contributed by atoms with Crippen molar-refractivity contribution in [2.45, 2.75) is 31.7 Å². The first-order chi connectivity index (χ1) is 4.80. The van der Waals surface area contributed by atoms with E-state index in [1.165, 1.54) is 12.8 Å². The van der Waals surface area contributed by atoms with Crippen LogP contribution >= 0.6 is 9.42 Å². The van der Waals surface area contributed by atoms with Crippen molar-refractivity contribution in [3.05, 3.63) is 6.04 Å². The fourth-order valence-corrected chi connectivity index (χ4v) is 1.06. The first kappa shape index (κ1) is 10.9. The molecule has 1 atom stereocenters. The Hall–Kier alpha value is 0.898. The normalized spacial score (nSPS) is 27.1. The third kappa shape index (κ3) is 3.92. The molecule has 0 aromatic carbocycles. The van der Waals surface area contributed by atoms with Crippen molar-refractivity contribution < 1.29 is 18.8 Å². The van der Waals surface area contributed by atoms with Gasteiger partial charge in [-0.2, -0.15) is 6.42 Å². The van der Waals surface area contributed by atoms with Crippen LogP contribution in [0.25, 0.3) is 0 Å². The van der Waals surface area contributed by atoms with Gasteiger partial charge in [0.15, 0.2) is 0 Å². The SMILES string of the molecule is N[C-]1CCCCC1N.[Cl][Pt+]. The second kappa shape index (κ2) is 6.60. The van der Waals surface area contributed by atoms with Crippen molar-refractivity contribution in [3.63, 3.8) is 0 Å². The molecule has 1 fully saturated rings. The fraction of sp³-hybridized carbons (Fsp3) is 0.833. The van der Waals surface area contributed by atoms with Gasteiger partial charge in [-0.05, 0) is 0 Å². The zero-order valence-electron chi connectivity index (χ0n) is 5.75. The van der Waals surface area contributed by atoms with Gasteiger partial charge in [0.1, 0.15) is 0 Å². The summed E-state index contributed by atoms with van der Waals surface area (Å²) in [4.78, 5) is 0. The van der Waals surface area contributed by atoms with E-state index < -0.39 is 0 Å². The molecule has 0 amide bonds. The van der Waals surface area contributed by atoms with E-state index in [0.29, 0.717) is 0 Å². The van der Waals surface area contributed by atoms with E-state index in [1.54, 1.807) is 18.8 Å². The summed E-state index contributed by atoms with van der Waals surface area (Å²) in [5, 5.41) is 0. The Bertz CT molecular complexity index is 72.1. The fourth-order valence-electron chi connectivity index (χ4n) is 1.06. The quantitative estimate of drug-likeness (QED) is 0.646. The Morgan fingerprint density at radius 3 is 2.30 bits per heavy atom. The predicted octanol–water partition coefficient (Wildman–Crippen LogP) is 1.07. The number of rotatable bonds is 0. The molecular weight excluding hydrogens is 331 g/mol.